The summed E-state index contributed by atoms with van der Waals surface area (Å²) >= 11 is 0. The van der Waals surface area contributed by atoms with Crippen LogP contribution in [0.3, 0.4) is 0 Å². The van der Waals surface area contributed by atoms with Gasteiger partial charge in [0.15, 0.2) is 0 Å². The summed E-state index contributed by atoms with van der Waals surface area (Å²) in [4.78, 5) is 4.31. The van der Waals surface area contributed by atoms with Crippen molar-refractivity contribution in [3.63, 3.8) is 0 Å². The average molecular weight is 232 g/mol. The fourth-order valence-corrected chi connectivity index (χ4v) is 1.48. The first kappa shape index (κ1) is 11.5. The number of hydrogen-bond acceptors (Lipinski definition) is 5. The van der Waals surface area contributed by atoms with Gasteiger partial charge in [-0.2, -0.15) is 10.2 Å². The summed E-state index contributed by atoms with van der Waals surface area (Å²) in [5.41, 5.74) is 2.94. The summed E-state index contributed by atoms with van der Waals surface area (Å²) < 4.78 is 1.86. The first-order valence-corrected chi connectivity index (χ1v) is 5.55. The van der Waals surface area contributed by atoms with E-state index in [9.17, 15) is 0 Å². The van der Waals surface area contributed by atoms with Crippen molar-refractivity contribution in [2.24, 2.45) is 7.05 Å². The molecule has 6 nitrogen and oxygen atoms in total. The summed E-state index contributed by atoms with van der Waals surface area (Å²) in [6.07, 6.45) is 2.68. The van der Waals surface area contributed by atoms with Crippen LogP contribution in [0.2, 0.25) is 0 Å². The third-order valence-corrected chi connectivity index (χ3v) is 2.68. The molecule has 2 aromatic heterocycles. The molecule has 0 aliphatic heterocycles. The fourth-order valence-electron chi connectivity index (χ4n) is 1.48. The number of rotatable bonds is 4. The van der Waals surface area contributed by atoms with Gasteiger partial charge in [0.1, 0.15) is 0 Å². The van der Waals surface area contributed by atoms with Gasteiger partial charge in [-0.05, 0) is 19.9 Å². The molecule has 90 valence electrons. The highest BCUT2D eigenvalue weighted by Crippen LogP contribution is 2.03. The Labute approximate surface area is 100 Å². The van der Waals surface area contributed by atoms with Gasteiger partial charge in [-0.25, -0.2) is 4.98 Å². The van der Waals surface area contributed by atoms with Crippen LogP contribution >= 0.6 is 0 Å². The first-order valence-electron chi connectivity index (χ1n) is 5.55. The lowest BCUT2D eigenvalue weighted by Crippen LogP contribution is -2.12. The minimum atomic E-state index is 0.579. The molecule has 0 aliphatic rings. The van der Waals surface area contributed by atoms with Crippen molar-refractivity contribution >= 4 is 5.95 Å². The van der Waals surface area contributed by atoms with Crippen LogP contribution in [0.4, 0.5) is 5.95 Å². The highest BCUT2D eigenvalue weighted by Gasteiger charge is 2.02. The summed E-state index contributed by atoms with van der Waals surface area (Å²) in [5.74, 6) is 0.579. The van der Waals surface area contributed by atoms with Crippen molar-refractivity contribution in [1.29, 1.82) is 0 Å². The zero-order valence-electron chi connectivity index (χ0n) is 10.3. The van der Waals surface area contributed by atoms with E-state index in [1.165, 1.54) is 5.69 Å². The Morgan fingerprint density at radius 2 is 2.06 bits per heavy atom. The number of nitrogens with one attached hydrogen (secondary N) is 1. The molecular formula is C11H16N6. The zero-order chi connectivity index (χ0) is 12.3. The lowest BCUT2D eigenvalue weighted by atomic mass is 10.3. The van der Waals surface area contributed by atoms with Crippen LogP contribution in [0, 0.1) is 13.8 Å². The molecule has 0 saturated heterocycles. The second-order valence-corrected chi connectivity index (χ2v) is 3.93. The normalized spacial score (nSPS) is 10.5. The molecule has 0 amide bonds. The van der Waals surface area contributed by atoms with Crippen molar-refractivity contribution in [3.8, 4) is 0 Å². The second-order valence-electron chi connectivity index (χ2n) is 3.93. The smallest absolute Gasteiger partial charge is 0.242 e. The fraction of sp³-hybridized carbons (Fsp3) is 0.455. The highest BCUT2D eigenvalue weighted by molar-refractivity contribution is 5.24. The summed E-state index contributed by atoms with van der Waals surface area (Å²) in [6, 6.07) is 2.00. The van der Waals surface area contributed by atoms with E-state index >= 15 is 0 Å². The lowest BCUT2D eigenvalue weighted by molar-refractivity contribution is 0.709. The Bertz CT molecular complexity index is 504. The predicted octanol–water partition coefficient (Wildman–Crippen LogP) is 0.877. The Hall–Kier alpha value is -1.98. The monoisotopic (exact) mass is 232 g/mol. The van der Waals surface area contributed by atoms with E-state index in [2.05, 4.69) is 25.6 Å². The zero-order valence-corrected chi connectivity index (χ0v) is 10.3. The lowest BCUT2D eigenvalue weighted by Gasteiger charge is -2.05. The molecular weight excluding hydrogens is 216 g/mol. The van der Waals surface area contributed by atoms with Gasteiger partial charge < -0.3 is 5.32 Å². The molecule has 2 rings (SSSR count). The molecule has 0 aliphatic carbocycles. The summed E-state index contributed by atoms with van der Waals surface area (Å²) in [7, 11) is 1.93. The number of aryl methyl sites for hydroxylation is 3. The number of nitrogens with zero attached hydrogens (tertiary/aromatic N) is 5. The average Bonchev–Trinajstić information content (AvgIpc) is 2.70. The number of aromatic nitrogens is 5. The topological polar surface area (TPSA) is 68.5 Å². The van der Waals surface area contributed by atoms with Gasteiger partial charge in [0.25, 0.3) is 0 Å². The molecule has 0 radical (unpaired) electrons. The summed E-state index contributed by atoms with van der Waals surface area (Å²) in [5, 5.41) is 15.3. The molecule has 17 heavy (non-hydrogen) atoms. The van der Waals surface area contributed by atoms with Gasteiger partial charge in [0.2, 0.25) is 5.95 Å². The van der Waals surface area contributed by atoms with Crippen LogP contribution in [-0.4, -0.2) is 31.5 Å². The second kappa shape index (κ2) is 4.90. The molecule has 0 aromatic carbocycles. The van der Waals surface area contributed by atoms with Gasteiger partial charge in [-0.15, -0.1) is 5.10 Å². The molecule has 0 saturated carbocycles. The Morgan fingerprint density at radius 3 is 2.71 bits per heavy atom. The van der Waals surface area contributed by atoms with E-state index in [-0.39, 0.29) is 0 Å². The maximum atomic E-state index is 4.31. The predicted molar refractivity (Wildman–Crippen MR) is 64.7 cm³/mol. The first-order chi connectivity index (χ1) is 8.16. The third kappa shape index (κ3) is 2.77. The molecule has 0 spiro atoms. The summed E-state index contributed by atoms with van der Waals surface area (Å²) in [6.45, 7) is 4.59. The molecule has 0 bridgehead atoms. The SMILES string of the molecule is Cc1nnc(NCCc2ccnn2C)nc1C. The van der Waals surface area contributed by atoms with Crippen LogP contribution < -0.4 is 5.32 Å². The Balaban J connectivity index is 1.90. The van der Waals surface area contributed by atoms with E-state index in [0.717, 1.165) is 24.4 Å². The third-order valence-electron chi connectivity index (χ3n) is 2.68. The van der Waals surface area contributed by atoms with Gasteiger partial charge in [-0.1, -0.05) is 0 Å². The maximum Gasteiger partial charge on any atom is 0.242 e. The van der Waals surface area contributed by atoms with Crippen molar-refractivity contribution in [3.05, 3.63) is 29.3 Å². The molecule has 1 N–H and O–H groups in total. The van der Waals surface area contributed by atoms with Crippen LogP contribution in [0.25, 0.3) is 0 Å². The number of anilines is 1. The molecule has 0 unspecified atom stereocenters. The van der Waals surface area contributed by atoms with Crippen LogP contribution in [0.15, 0.2) is 12.3 Å². The molecule has 2 aromatic rings. The van der Waals surface area contributed by atoms with Gasteiger partial charge in [0, 0.05) is 31.9 Å². The minimum Gasteiger partial charge on any atom is -0.353 e. The Morgan fingerprint density at radius 1 is 1.24 bits per heavy atom. The number of hydrogen-bond donors (Lipinski definition) is 1. The molecule has 0 atom stereocenters. The van der Waals surface area contributed by atoms with Crippen molar-refractivity contribution in [2.45, 2.75) is 20.3 Å². The van der Waals surface area contributed by atoms with E-state index < -0.39 is 0 Å². The van der Waals surface area contributed by atoms with Crippen LogP contribution in [0.5, 0.6) is 0 Å². The van der Waals surface area contributed by atoms with Crippen molar-refractivity contribution in [1.82, 2.24) is 25.0 Å². The Kier molecular flexibility index (Phi) is 3.32. The van der Waals surface area contributed by atoms with Gasteiger partial charge in [-0.3, -0.25) is 4.68 Å². The van der Waals surface area contributed by atoms with E-state index in [0.29, 0.717) is 5.95 Å². The highest BCUT2D eigenvalue weighted by atomic mass is 15.3. The quantitative estimate of drug-likeness (QED) is 0.847. The van der Waals surface area contributed by atoms with E-state index in [4.69, 9.17) is 0 Å². The minimum absolute atomic E-state index is 0.579. The van der Waals surface area contributed by atoms with Crippen molar-refractivity contribution in [2.75, 3.05) is 11.9 Å². The molecule has 0 fully saturated rings. The van der Waals surface area contributed by atoms with Gasteiger partial charge in [0.05, 0.1) is 11.4 Å². The van der Waals surface area contributed by atoms with E-state index in [1.54, 1.807) is 6.20 Å². The van der Waals surface area contributed by atoms with Crippen LogP contribution in [-0.2, 0) is 13.5 Å². The van der Waals surface area contributed by atoms with Gasteiger partial charge >= 0.3 is 0 Å². The van der Waals surface area contributed by atoms with Crippen molar-refractivity contribution < 1.29 is 0 Å². The van der Waals surface area contributed by atoms with Crippen LogP contribution in [0.1, 0.15) is 17.1 Å². The largest absolute Gasteiger partial charge is 0.353 e. The maximum absolute atomic E-state index is 4.31. The standard InChI is InChI=1S/C11H16N6/c1-8-9(2)15-16-11(14-8)12-6-4-10-5-7-13-17(10)3/h5,7H,4,6H2,1-3H3,(H,12,14,16). The molecule has 6 heteroatoms. The molecule has 2 heterocycles. The van der Waals surface area contributed by atoms with E-state index in [1.807, 2.05) is 31.6 Å².